The number of rotatable bonds is 7. The molecular formula is C22H20ClN3O3S. The van der Waals surface area contributed by atoms with Gasteiger partial charge in [0.2, 0.25) is 0 Å². The summed E-state index contributed by atoms with van der Waals surface area (Å²) < 4.78 is 7.64. The van der Waals surface area contributed by atoms with Gasteiger partial charge in [-0.05, 0) is 36.1 Å². The lowest BCUT2D eigenvalue weighted by Crippen LogP contribution is -2.32. The Hall–Kier alpha value is -2.87. The van der Waals surface area contributed by atoms with Crippen molar-refractivity contribution in [2.24, 2.45) is 0 Å². The number of carbonyl (C=O) groups is 1. The number of hydrogen-bond acceptors (Lipinski definition) is 5. The van der Waals surface area contributed by atoms with E-state index in [0.717, 1.165) is 10.4 Å². The van der Waals surface area contributed by atoms with Gasteiger partial charge in [0.25, 0.3) is 5.91 Å². The van der Waals surface area contributed by atoms with Crippen molar-refractivity contribution in [1.82, 2.24) is 14.7 Å². The number of aliphatic hydroxyl groups excluding tert-OH is 1. The number of benzene rings is 1. The molecule has 6 nitrogen and oxygen atoms in total. The Kier molecular flexibility index (Phi) is 6.03. The van der Waals surface area contributed by atoms with Gasteiger partial charge in [0.15, 0.2) is 11.4 Å². The molecule has 0 spiro atoms. The van der Waals surface area contributed by atoms with Crippen molar-refractivity contribution < 1.29 is 14.6 Å². The fraction of sp³-hybridized carbons (Fsp3) is 0.182. The minimum atomic E-state index is -0.510. The van der Waals surface area contributed by atoms with Crippen LogP contribution < -0.4 is 10.1 Å². The second-order valence-electron chi connectivity index (χ2n) is 6.71. The van der Waals surface area contributed by atoms with Gasteiger partial charge in [-0.15, -0.1) is 11.3 Å². The molecule has 0 aliphatic rings. The van der Waals surface area contributed by atoms with E-state index in [1.54, 1.807) is 23.6 Å². The zero-order valence-corrected chi connectivity index (χ0v) is 17.8. The lowest BCUT2D eigenvalue weighted by molar-refractivity contribution is 0.0909. The van der Waals surface area contributed by atoms with Crippen LogP contribution in [0.25, 0.3) is 5.65 Å². The van der Waals surface area contributed by atoms with Gasteiger partial charge in [-0.1, -0.05) is 41.9 Å². The summed E-state index contributed by atoms with van der Waals surface area (Å²) in [5, 5.41) is 15.2. The van der Waals surface area contributed by atoms with Crippen LogP contribution in [0.3, 0.4) is 0 Å². The number of thiophene rings is 1. The standard InChI is InChI=1S/C22H20ClN3O3S/c1-14-20(22(28)25-17(12-27)15-6-3-2-4-7-15)26-10-5-8-18(21(26)24-14)29-13-19-16(23)9-11-30-19/h2-11,17,27H,12-13H2,1H3,(H,25,28)/t17-/m0/s1. The van der Waals surface area contributed by atoms with E-state index in [1.165, 1.54) is 11.3 Å². The van der Waals surface area contributed by atoms with E-state index >= 15 is 0 Å². The molecule has 154 valence electrons. The fourth-order valence-electron chi connectivity index (χ4n) is 3.26. The largest absolute Gasteiger partial charge is 0.484 e. The van der Waals surface area contributed by atoms with Crippen LogP contribution in [0.5, 0.6) is 5.75 Å². The Morgan fingerprint density at radius 2 is 2.07 bits per heavy atom. The van der Waals surface area contributed by atoms with Crippen LogP contribution in [0.4, 0.5) is 0 Å². The van der Waals surface area contributed by atoms with Gasteiger partial charge in [0, 0.05) is 6.20 Å². The van der Waals surface area contributed by atoms with Gasteiger partial charge in [-0.3, -0.25) is 9.20 Å². The van der Waals surface area contributed by atoms with Crippen molar-refractivity contribution in [2.45, 2.75) is 19.6 Å². The third-order valence-corrected chi connectivity index (χ3v) is 6.10. The third-order valence-electron chi connectivity index (χ3n) is 4.74. The Labute approximate surface area is 182 Å². The number of aromatic nitrogens is 2. The molecule has 0 saturated carbocycles. The van der Waals surface area contributed by atoms with Crippen molar-refractivity contribution in [3.8, 4) is 5.75 Å². The number of nitrogens with zero attached hydrogens (tertiary/aromatic N) is 2. The molecule has 2 N–H and O–H groups in total. The first-order chi connectivity index (χ1) is 14.6. The van der Waals surface area contributed by atoms with Crippen molar-refractivity contribution in [1.29, 1.82) is 0 Å². The monoisotopic (exact) mass is 441 g/mol. The maximum atomic E-state index is 13.0. The van der Waals surface area contributed by atoms with Crippen molar-refractivity contribution in [3.63, 3.8) is 0 Å². The average Bonchev–Trinajstić information content (AvgIpc) is 3.33. The van der Waals surface area contributed by atoms with Crippen LogP contribution in [0, 0.1) is 6.92 Å². The highest BCUT2D eigenvalue weighted by molar-refractivity contribution is 7.10. The summed E-state index contributed by atoms with van der Waals surface area (Å²) in [5.41, 5.74) is 2.35. The highest BCUT2D eigenvalue weighted by Crippen LogP contribution is 2.27. The number of hydrogen-bond donors (Lipinski definition) is 2. The van der Waals surface area contributed by atoms with Gasteiger partial charge in [0.05, 0.1) is 28.2 Å². The molecular weight excluding hydrogens is 422 g/mol. The Balaban J connectivity index is 1.60. The SMILES string of the molecule is Cc1nc2c(OCc3sccc3Cl)cccn2c1C(=O)N[C@@H](CO)c1ccccc1. The van der Waals surface area contributed by atoms with Gasteiger partial charge in [-0.25, -0.2) is 4.98 Å². The molecule has 3 heterocycles. The molecule has 0 aliphatic carbocycles. The first-order valence-corrected chi connectivity index (χ1v) is 10.6. The normalized spacial score (nSPS) is 12.1. The summed E-state index contributed by atoms with van der Waals surface area (Å²) in [6.45, 7) is 1.89. The van der Waals surface area contributed by atoms with Crippen LogP contribution in [0.1, 0.15) is 32.7 Å². The molecule has 0 bridgehead atoms. The van der Waals surface area contributed by atoms with E-state index < -0.39 is 6.04 Å². The zero-order valence-electron chi connectivity index (χ0n) is 16.2. The summed E-state index contributed by atoms with van der Waals surface area (Å²) in [7, 11) is 0. The molecule has 30 heavy (non-hydrogen) atoms. The zero-order chi connectivity index (χ0) is 21.1. The molecule has 1 aromatic carbocycles. The predicted molar refractivity (Wildman–Crippen MR) is 117 cm³/mol. The van der Waals surface area contributed by atoms with Crippen molar-refractivity contribution in [2.75, 3.05) is 6.61 Å². The van der Waals surface area contributed by atoms with Gasteiger partial charge >= 0.3 is 0 Å². The lowest BCUT2D eigenvalue weighted by Gasteiger charge is -2.17. The Morgan fingerprint density at radius 3 is 2.77 bits per heavy atom. The highest BCUT2D eigenvalue weighted by atomic mass is 35.5. The number of pyridine rings is 1. The second kappa shape index (κ2) is 8.87. The van der Waals surface area contributed by atoms with E-state index in [0.29, 0.717) is 34.4 Å². The van der Waals surface area contributed by atoms with E-state index in [4.69, 9.17) is 16.3 Å². The fourth-order valence-corrected chi connectivity index (χ4v) is 4.26. The van der Waals surface area contributed by atoms with Crippen LogP contribution in [0.2, 0.25) is 5.02 Å². The van der Waals surface area contributed by atoms with E-state index in [2.05, 4.69) is 10.3 Å². The molecule has 0 radical (unpaired) electrons. The van der Waals surface area contributed by atoms with E-state index in [-0.39, 0.29) is 12.5 Å². The summed E-state index contributed by atoms with van der Waals surface area (Å²) in [6.07, 6.45) is 1.77. The van der Waals surface area contributed by atoms with Crippen LogP contribution >= 0.6 is 22.9 Å². The van der Waals surface area contributed by atoms with E-state index in [9.17, 15) is 9.90 Å². The Bertz CT molecular complexity index is 1170. The molecule has 1 amide bonds. The van der Waals surface area contributed by atoms with Crippen molar-refractivity contribution >= 4 is 34.5 Å². The minimum absolute atomic E-state index is 0.207. The first-order valence-electron chi connectivity index (χ1n) is 9.37. The summed E-state index contributed by atoms with van der Waals surface area (Å²) in [6, 6.07) is 14.3. The predicted octanol–water partition coefficient (Wildman–Crippen LogP) is 4.40. The van der Waals surface area contributed by atoms with Crippen LogP contribution in [-0.2, 0) is 6.61 Å². The molecule has 4 rings (SSSR count). The second-order valence-corrected chi connectivity index (χ2v) is 8.12. The maximum absolute atomic E-state index is 13.0. The lowest BCUT2D eigenvalue weighted by atomic mass is 10.1. The molecule has 0 aliphatic heterocycles. The average molecular weight is 442 g/mol. The molecule has 1 atom stereocenters. The van der Waals surface area contributed by atoms with Crippen molar-refractivity contribution in [3.05, 3.63) is 87.0 Å². The van der Waals surface area contributed by atoms with Crippen LogP contribution in [0.15, 0.2) is 60.1 Å². The number of imidazole rings is 1. The number of carbonyl (C=O) groups excluding carboxylic acids is 1. The number of ether oxygens (including phenoxy) is 1. The maximum Gasteiger partial charge on any atom is 0.270 e. The molecule has 0 saturated heterocycles. The molecule has 3 aromatic heterocycles. The van der Waals surface area contributed by atoms with Gasteiger partial charge in [0.1, 0.15) is 12.3 Å². The van der Waals surface area contributed by atoms with Gasteiger partial charge in [-0.2, -0.15) is 0 Å². The summed E-state index contributed by atoms with van der Waals surface area (Å²) in [5.74, 6) is 0.243. The van der Waals surface area contributed by atoms with Crippen LogP contribution in [-0.4, -0.2) is 27.0 Å². The quantitative estimate of drug-likeness (QED) is 0.445. The molecule has 8 heteroatoms. The van der Waals surface area contributed by atoms with E-state index in [1.807, 2.05) is 47.8 Å². The molecule has 0 unspecified atom stereocenters. The summed E-state index contributed by atoms with van der Waals surface area (Å²) >= 11 is 7.67. The molecule has 4 aromatic rings. The molecule has 0 fully saturated rings. The highest BCUT2D eigenvalue weighted by Gasteiger charge is 2.22. The first kappa shape index (κ1) is 20.4. The number of fused-ring (bicyclic) bond motifs is 1. The van der Waals surface area contributed by atoms with Gasteiger partial charge < -0.3 is 15.2 Å². The number of amides is 1. The summed E-state index contributed by atoms with van der Waals surface area (Å²) in [4.78, 5) is 18.5. The minimum Gasteiger partial charge on any atom is -0.484 e. The number of halogens is 1. The third kappa shape index (κ3) is 4.05. The number of aliphatic hydroxyl groups is 1. The number of aryl methyl sites for hydroxylation is 1. The topological polar surface area (TPSA) is 75.9 Å². The smallest absolute Gasteiger partial charge is 0.270 e. The number of nitrogens with one attached hydrogen (secondary N) is 1. The Morgan fingerprint density at radius 1 is 1.27 bits per heavy atom.